The van der Waals surface area contributed by atoms with Crippen LogP contribution in [-0.4, -0.2) is 35.6 Å². The first kappa shape index (κ1) is 14.5. The molecule has 0 amide bonds. The molecule has 0 radical (unpaired) electrons. The maximum absolute atomic E-state index is 5.75. The second kappa shape index (κ2) is 6.53. The third kappa shape index (κ3) is 3.57. The van der Waals surface area contributed by atoms with Crippen LogP contribution in [0.15, 0.2) is 6.07 Å². The molecule has 0 aromatic carbocycles. The van der Waals surface area contributed by atoms with Crippen LogP contribution >= 0.6 is 0 Å². The Bertz CT molecular complexity index is 398. The molecule has 108 valence electrons. The third-order valence-corrected chi connectivity index (χ3v) is 3.94. The smallest absolute Gasteiger partial charge is 0.0756 e. The first-order chi connectivity index (χ1) is 9.19. The minimum absolute atomic E-state index is 0.334. The van der Waals surface area contributed by atoms with E-state index in [0.717, 1.165) is 31.1 Å². The molecular formula is C15H27N3O. The highest BCUT2D eigenvalue weighted by atomic mass is 16.5. The van der Waals surface area contributed by atoms with E-state index in [1.807, 2.05) is 7.11 Å². The number of hydrogen-bond acceptors (Lipinski definition) is 3. The minimum Gasteiger partial charge on any atom is -0.380 e. The van der Waals surface area contributed by atoms with Crippen molar-refractivity contribution in [3.63, 3.8) is 0 Å². The van der Waals surface area contributed by atoms with Gasteiger partial charge in [-0.2, -0.15) is 5.10 Å². The Morgan fingerprint density at radius 1 is 1.47 bits per heavy atom. The van der Waals surface area contributed by atoms with E-state index in [1.165, 1.54) is 18.5 Å². The molecule has 1 aromatic rings. The van der Waals surface area contributed by atoms with Gasteiger partial charge in [-0.1, -0.05) is 6.92 Å². The Labute approximate surface area is 116 Å². The summed E-state index contributed by atoms with van der Waals surface area (Å²) in [6, 6.07) is 2.59. The number of ether oxygens (including phenoxy) is 1. The lowest BCUT2D eigenvalue weighted by Gasteiger charge is -2.27. The monoisotopic (exact) mass is 265 g/mol. The van der Waals surface area contributed by atoms with Crippen molar-refractivity contribution < 1.29 is 4.74 Å². The number of hydrogen-bond donors (Lipinski definition) is 1. The van der Waals surface area contributed by atoms with Crippen molar-refractivity contribution in [3.05, 3.63) is 17.5 Å². The van der Waals surface area contributed by atoms with Crippen LogP contribution in [0.3, 0.4) is 0 Å². The fraction of sp³-hybridized carbons (Fsp3) is 0.800. The van der Waals surface area contributed by atoms with Gasteiger partial charge in [0.25, 0.3) is 0 Å². The van der Waals surface area contributed by atoms with Gasteiger partial charge in [0.1, 0.15) is 0 Å². The zero-order valence-electron chi connectivity index (χ0n) is 12.6. The van der Waals surface area contributed by atoms with Gasteiger partial charge in [0.2, 0.25) is 0 Å². The van der Waals surface area contributed by atoms with Gasteiger partial charge >= 0.3 is 0 Å². The number of nitrogens with zero attached hydrogens (tertiary/aromatic N) is 2. The highest BCUT2D eigenvalue weighted by Crippen LogP contribution is 2.36. The molecule has 0 spiro atoms. The van der Waals surface area contributed by atoms with Crippen molar-refractivity contribution in [3.8, 4) is 0 Å². The summed E-state index contributed by atoms with van der Waals surface area (Å²) in [6.07, 6.45) is 3.96. The van der Waals surface area contributed by atoms with Crippen molar-refractivity contribution in [2.75, 3.05) is 13.7 Å². The van der Waals surface area contributed by atoms with E-state index in [2.05, 4.69) is 41.9 Å². The predicted molar refractivity (Wildman–Crippen MR) is 77.3 cm³/mol. The molecule has 1 fully saturated rings. The predicted octanol–water partition coefficient (Wildman–Crippen LogP) is 2.16. The lowest BCUT2D eigenvalue weighted by Crippen LogP contribution is -2.44. The Kier molecular flexibility index (Phi) is 4.99. The van der Waals surface area contributed by atoms with E-state index in [1.54, 1.807) is 0 Å². The van der Waals surface area contributed by atoms with Crippen LogP contribution in [0.1, 0.15) is 38.1 Å². The molecule has 1 N–H and O–H groups in total. The fourth-order valence-electron chi connectivity index (χ4n) is 2.94. The molecule has 4 heteroatoms. The summed E-state index contributed by atoms with van der Waals surface area (Å²) in [5.41, 5.74) is 2.42. The zero-order chi connectivity index (χ0) is 13.8. The van der Waals surface area contributed by atoms with Crippen LogP contribution < -0.4 is 5.32 Å². The number of rotatable bonds is 8. The lowest BCUT2D eigenvalue weighted by molar-refractivity contribution is 0.0510. The Morgan fingerprint density at radius 3 is 2.74 bits per heavy atom. The van der Waals surface area contributed by atoms with E-state index in [9.17, 15) is 0 Å². The molecule has 1 aromatic heterocycles. The summed E-state index contributed by atoms with van der Waals surface area (Å²) in [4.78, 5) is 0. The average molecular weight is 265 g/mol. The van der Waals surface area contributed by atoms with Crippen molar-refractivity contribution in [1.29, 1.82) is 0 Å². The van der Waals surface area contributed by atoms with Gasteiger partial charge in [-0.3, -0.25) is 4.68 Å². The first-order valence-corrected chi connectivity index (χ1v) is 7.49. The molecule has 4 nitrogen and oxygen atoms in total. The van der Waals surface area contributed by atoms with Gasteiger partial charge in [0.15, 0.2) is 0 Å². The lowest BCUT2D eigenvalue weighted by atomic mass is 10.0. The molecular weight excluding hydrogens is 238 g/mol. The van der Waals surface area contributed by atoms with Gasteiger partial charge in [-0.25, -0.2) is 0 Å². The number of aromatic nitrogens is 2. The largest absolute Gasteiger partial charge is 0.380 e. The summed E-state index contributed by atoms with van der Waals surface area (Å²) >= 11 is 0. The summed E-state index contributed by atoms with van der Waals surface area (Å²) in [5.74, 6) is 0.744. The van der Waals surface area contributed by atoms with Crippen LogP contribution in [0.4, 0.5) is 0 Å². The normalized spacial score (nSPS) is 18.5. The molecule has 0 aliphatic heterocycles. The van der Waals surface area contributed by atoms with E-state index in [4.69, 9.17) is 4.74 Å². The molecule has 2 rings (SSSR count). The van der Waals surface area contributed by atoms with Gasteiger partial charge < -0.3 is 10.1 Å². The summed E-state index contributed by atoms with van der Waals surface area (Å²) in [5, 5.41) is 8.13. The molecule has 2 atom stereocenters. The zero-order valence-corrected chi connectivity index (χ0v) is 12.6. The van der Waals surface area contributed by atoms with E-state index < -0.39 is 0 Å². The number of aryl methyl sites for hydroxylation is 2. The maximum Gasteiger partial charge on any atom is 0.0756 e. The van der Waals surface area contributed by atoms with Crippen LogP contribution in [0.5, 0.6) is 0 Å². The molecule has 0 saturated heterocycles. The Morgan fingerprint density at radius 2 is 2.21 bits per heavy atom. The Balaban J connectivity index is 2.10. The quantitative estimate of drug-likeness (QED) is 0.783. The highest BCUT2D eigenvalue weighted by Gasteiger charge is 2.36. The van der Waals surface area contributed by atoms with E-state index in [-0.39, 0.29) is 0 Å². The van der Waals surface area contributed by atoms with E-state index >= 15 is 0 Å². The van der Waals surface area contributed by atoms with Crippen LogP contribution in [0.25, 0.3) is 0 Å². The van der Waals surface area contributed by atoms with Crippen LogP contribution in [0, 0.1) is 12.8 Å². The standard InChI is InChI=1S/C15H27N3O/c1-5-16-14(15(19-4)12-7-8-12)10-13-9-11(3)17-18(13)6-2/h9,12,14-16H,5-8,10H2,1-4H3. The van der Waals surface area contributed by atoms with Crippen molar-refractivity contribution in [1.82, 2.24) is 15.1 Å². The third-order valence-electron chi connectivity index (χ3n) is 3.94. The minimum atomic E-state index is 0.334. The number of methoxy groups -OCH3 is 1. The first-order valence-electron chi connectivity index (χ1n) is 7.49. The molecule has 1 heterocycles. The summed E-state index contributed by atoms with van der Waals surface area (Å²) < 4.78 is 7.86. The number of likely N-dealkylation sites (N-methyl/N-ethyl adjacent to an activating group) is 1. The molecule has 1 saturated carbocycles. The molecule has 1 aliphatic carbocycles. The molecule has 19 heavy (non-hydrogen) atoms. The SMILES string of the molecule is CCNC(Cc1cc(C)nn1CC)C(OC)C1CC1. The second-order valence-electron chi connectivity index (χ2n) is 5.50. The molecule has 2 unspecified atom stereocenters. The number of nitrogens with one attached hydrogen (secondary N) is 1. The summed E-state index contributed by atoms with van der Waals surface area (Å²) in [6.45, 7) is 8.29. The Hall–Kier alpha value is -0.870. The molecule has 1 aliphatic rings. The summed E-state index contributed by atoms with van der Waals surface area (Å²) in [7, 11) is 1.84. The van der Waals surface area contributed by atoms with Crippen molar-refractivity contribution >= 4 is 0 Å². The van der Waals surface area contributed by atoms with E-state index in [0.29, 0.717) is 12.1 Å². The van der Waals surface area contributed by atoms with Gasteiger partial charge in [-0.15, -0.1) is 0 Å². The topological polar surface area (TPSA) is 39.1 Å². The maximum atomic E-state index is 5.75. The highest BCUT2D eigenvalue weighted by molar-refractivity contribution is 5.11. The van der Waals surface area contributed by atoms with Crippen molar-refractivity contribution in [2.45, 2.75) is 58.7 Å². The van der Waals surface area contributed by atoms with Crippen LogP contribution in [-0.2, 0) is 17.7 Å². The van der Waals surface area contributed by atoms with Gasteiger partial charge in [-0.05, 0) is 45.2 Å². The van der Waals surface area contributed by atoms with Crippen LogP contribution in [0.2, 0.25) is 0 Å². The average Bonchev–Trinajstić information content (AvgIpc) is 3.15. The van der Waals surface area contributed by atoms with Gasteiger partial charge in [0.05, 0.1) is 11.8 Å². The second-order valence-corrected chi connectivity index (χ2v) is 5.50. The van der Waals surface area contributed by atoms with Crippen molar-refractivity contribution in [2.24, 2.45) is 5.92 Å². The van der Waals surface area contributed by atoms with Gasteiger partial charge in [0, 0.05) is 31.8 Å². The fourth-order valence-corrected chi connectivity index (χ4v) is 2.94. The molecule has 0 bridgehead atoms.